The SMILES string of the molecule is C[C@H](NC(=O)C(F)(F)F)C(=O)NCCOCC1CO1. The largest absolute Gasteiger partial charge is 0.471 e. The summed E-state index contributed by atoms with van der Waals surface area (Å²) in [4.78, 5) is 21.9. The molecule has 2 N–H and O–H groups in total. The lowest BCUT2D eigenvalue weighted by molar-refractivity contribution is -0.174. The first kappa shape index (κ1) is 15.7. The molecule has 2 amide bonds. The smallest absolute Gasteiger partial charge is 0.377 e. The van der Waals surface area contributed by atoms with Crippen molar-refractivity contribution in [3.63, 3.8) is 0 Å². The van der Waals surface area contributed by atoms with Gasteiger partial charge in [-0.3, -0.25) is 9.59 Å². The molecule has 1 fully saturated rings. The fourth-order valence-corrected chi connectivity index (χ4v) is 1.12. The lowest BCUT2D eigenvalue weighted by Gasteiger charge is -2.15. The summed E-state index contributed by atoms with van der Waals surface area (Å²) in [5, 5.41) is 3.90. The van der Waals surface area contributed by atoms with E-state index in [0.717, 1.165) is 6.92 Å². The Labute approximate surface area is 107 Å². The van der Waals surface area contributed by atoms with Crippen LogP contribution in [0.2, 0.25) is 0 Å². The molecular formula is C10H15F3N2O4. The highest BCUT2D eigenvalue weighted by molar-refractivity contribution is 5.89. The van der Waals surface area contributed by atoms with Crippen molar-refractivity contribution < 1.29 is 32.2 Å². The second kappa shape index (κ2) is 6.71. The Bertz CT molecular complexity index is 331. The average Bonchev–Trinajstić information content (AvgIpc) is 3.10. The highest BCUT2D eigenvalue weighted by Gasteiger charge is 2.39. The van der Waals surface area contributed by atoms with Crippen molar-refractivity contribution in [2.24, 2.45) is 0 Å². The summed E-state index contributed by atoms with van der Waals surface area (Å²) in [7, 11) is 0. The minimum atomic E-state index is -5.00. The number of halogens is 3. The van der Waals surface area contributed by atoms with Crippen LogP contribution in [0.25, 0.3) is 0 Å². The third-order valence-corrected chi connectivity index (χ3v) is 2.25. The summed E-state index contributed by atoms with van der Waals surface area (Å²) < 4.78 is 45.8. The van der Waals surface area contributed by atoms with Crippen LogP contribution in [0.1, 0.15) is 6.92 Å². The van der Waals surface area contributed by atoms with Crippen molar-refractivity contribution in [3.8, 4) is 0 Å². The Morgan fingerprint density at radius 2 is 2.11 bits per heavy atom. The molecule has 1 aliphatic heterocycles. The van der Waals surface area contributed by atoms with Gasteiger partial charge in [0.25, 0.3) is 0 Å². The van der Waals surface area contributed by atoms with Gasteiger partial charge in [0.2, 0.25) is 5.91 Å². The predicted molar refractivity (Wildman–Crippen MR) is 57.2 cm³/mol. The van der Waals surface area contributed by atoms with E-state index < -0.39 is 24.0 Å². The van der Waals surface area contributed by atoms with Crippen LogP contribution in [0, 0.1) is 0 Å². The Balaban J connectivity index is 2.11. The first-order chi connectivity index (χ1) is 8.80. The second-order valence-electron chi connectivity index (χ2n) is 4.01. The molecule has 19 heavy (non-hydrogen) atoms. The van der Waals surface area contributed by atoms with Gasteiger partial charge in [-0.2, -0.15) is 13.2 Å². The highest BCUT2D eigenvalue weighted by atomic mass is 19.4. The molecule has 1 unspecified atom stereocenters. The first-order valence-electron chi connectivity index (χ1n) is 5.65. The number of amides is 2. The van der Waals surface area contributed by atoms with Gasteiger partial charge in [0, 0.05) is 6.54 Å². The average molecular weight is 284 g/mol. The first-order valence-corrected chi connectivity index (χ1v) is 5.65. The highest BCUT2D eigenvalue weighted by Crippen LogP contribution is 2.14. The second-order valence-corrected chi connectivity index (χ2v) is 4.01. The molecule has 0 aromatic rings. The van der Waals surface area contributed by atoms with Gasteiger partial charge in [0.05, 0.1) is 19.8 Å². The molecule has 6 nitrogen and oxygen atoms in total. The fraction of sp³-hybridized carbons (Fsp3) is 0.800. The summed E-state index contributed by atoms with van der Waals surface area (Å²) in [5.41, 5.74) is 0. The van der Waals surface area contributed by atoms with E-state index in [2.05, 4.69) is 5.32 Å². The molecule has 1 saturated heterocycles. The van der Waals surface area contributed by atoms with Gasteiger partial charge in [-0.15, -0.1) is 0 Å². The van der Waals surface area contributed by atoms with Crippen LogP contribution >= 0.6 is 0 Å². The Hall–Kier alpha value is -1.35. The van der Waals surface area contributed by atoms with Gasteiger partial charge >= 0.3 is 12.1 Å². The number of epoxide rings is 1. The number of carbonyl (C=O) groups is 2. The van der Waals surface area contributed by atoms with Crippen LogP contribution in [0.3, 0.4) is 0 Å². The van der Waals surface area contributed by atoms with Gasteiger partial charge in [-0.25, -0.2) is 0 Å². The van der Waals surface area contributed by atoms with Gasteiger partial charge < -0.3 is 20.1 Å². The lowest BCUT2D eigenvalue weighted by Crippen LogP contribution is -2.49. The van der Waals surface area contributed by atoms with Crippen LogP contribution in [0.5, 0.6) is 0 Å². The predicted octanol–water partition coefficient (Wildman–Crippen LogP) is -0.415. The lowest BCUT2D eigenvalue weighted by atomic mass is 10.3. The van der Waals surface area contributed by atoms with Crippen molar-refractivity contribution in [3.05, 3.63) is 0 Å². The Morgan fingerprint density at radius 1 is 1.47 bits per heavy atom. The number of nitrogens with one attached hydrogen (secondary N) is 2. The van der Waals surface area contributed by atoms with E-state index in [1.54, 1.807) is 5.32 Å². The molecule has 9 heteroatoms. The molecule has 0 spiro atoms. The molecule has 1 rings (SSSR count). The maximum Gasteiger partial charge on any atom is 0.471 e. The van der Waals surface area contributed by atoms with Crippen molar-refractivity contribution in [2.75, 3.05) is 26.4 Å². The minimum absolute atomic E-state index is 0.112. The van der Waals surface area contributed by atoms with E-state index in [4.69, 9.17) is 9.47 Å². The third kappa shape index (κ3) is 6.39. The van der Waals surface area contributed by atoms with Gasteiger partial charge in [0.1, 0.15) is 12.1 Å². The molecule has 0 aromatic carbocycles. The fourth-order valence-electron chi connectivity index (χ4n) is 1.12. The van der Waals surface area contributed by atoms with Crippen LogP contribution < -0.4 is 10.6 Å². The molecule has 0 saturated carbocycles. The molecule has 110 valence electrons. The number of rotatable bonds is 7. The quantitative estimate of drug-likeness (QED) is 0.492. The zero-order chi connectivity index (χ0) is 14.5. The maximum atomic E-state index is 11.9. The topological polar surface area (TPSA) is 80.0 Å². The van der Waals surface area contributed by atoms with E-state index in [0.29, 0.717) is 13.2 Å². The van der Waals surface area contributed by atoms with Gasteiger partial charge in [-0.1, -0.05) is 0 Å². The normalized spacial score (nSPS) is 19.7. The van der Waals surface area contributed by atoms with Gasteiger partial charge in [-0.05, 0) is 6.92 Å². The van der Waals surface area contributed by atoms with Gasteiger partial charge in [0.15, 0.2) is 0 Å². The molecule has 1 heterocycles. The van der Waals surface area contributed by atoms with E-state index in [1.165, 1.54) is 0 Å². The van der Waals surface area contributed by atoms with Crippen LogP contribution in [-0.4, -0.2) is 56.5 Å². The molecule has 2 atom stereocenters. The number of hydrogen-bond acceptors (Lipinski definition) is 4. The molecule has 0 aliphatic carbocycles. The standard InChI is InChI=1S/C10H15F3N2O4/c1-6(15-9(17)10(11,12)13)8(16)14-2-3-18-4-7-5-19-7/h6-7H,2-5H2,1H3,(H,14,16)(H,15,17)/t6-,7?/m0/s1. The van der Waals surface area contributed by atoms with Crippen LogP contribution in [-0.2, 0) is 19.1 Å². The van der Waals surface area contributed by atoms with Crippen molar-refractivity contribution in [1.82, 2.24) is 10.6 Å². The molecular weight excluding hydrogens is 269 g/mol. The van der Waals surface area contributed by atoms with E-state index in [9.17, 15) is 22.8 Å². The van der Waals surface area contributed by atoms with E-state index in [1.807, 2.05) is 0 Å². The maximum absolute atomic E-state index is 11.9. The zero-order valence-corrected chi connectivity index (χ0v) is 10.3. The van der Waals surface area contributed by atoms with Crippen molar-refractivity contribution in [2.45, 2.75) is 25.2 Å². The van der Waals surface area contributed by atoms with Crippen LogP contribution in [0.4, 0.5) is 13.2 Å². The number of hydrogen-bond donors (Lipinski definition) is 2. The third-order valence-electron chi connectivity index (χ3n) is 2.25. The minimum Gasteiger partial charge on any atom is -0.377 e. The Kier molecular flexibility index (Phi) is 5.55. The Morgan fingerprint density at radius 3 is 2.63 bits per heavy atom. The summed E-state index contributed by atoms with van der Waals surface area (Å²) in [6.45, 7) is 2.63. The summed E-state index contributed by atoms with van der Waals surface area (Å²) in [6.07, 6.45) is -4.89. The number of ether oxygens (including phenoxy) is 2. The monoisotopic (exact) mass is 284 g/mol. The molecule has 0 aromatic heterocycles. The molecule has 1 aliphatic rings. The van der Waals surface area contributed by atoms with Crippen molar-refractivity contribution >= 4 is 11.8 Å². The van der Waals surface area contributed by atoms with E-state index in [-0.39, 0.29) is 19.3 Å². The summed E-state index contributed by atoms with van der Waals surface area (Å²) in [6, 6.07) is -1.26. The van der Waals surface area contributed by atoms with Crippen LogP contribution in [0.15, 0.2) is 0 Å². The van der Waals surface area contributed by atoms with Crippen molar-refractivity contribution in [1.29, 1.82) is 0 Å². The van der Waals surface area contributed by atoms with E-state index >= 15 is 0 Å². The summed E-state index contributed by atoms with van der Waals surface area (Å²) in [5.74, 6) is -2.85. The molecule has 0 radical (unpaired) electrons. The summed E-state index contributed by atoms with van der Waals surface area (Å²) >= 11 is 0. The number of alkyl halides is 3. The zero-order valence-electron chi connectivity index (χ0n) is 10.3. The number of carbonyl (C=O) groups excluding carboxylic acids is 2. The molecule has 0 bridgehead atoms.